The van der Waals surface area contributed by atoms with Gasteiger partial charge in [-0.1, -0.05) is 29.8 Å². The van der Waals surface area contributed by atoms with E-state index in [0.29, 0.717) is 22.0 Å². The van der Waals surface area contributed by atoms with Crippen LogP contribution in [0.1, 0.15) is 28.8 Å². The molecule has 0 spiro atoms. The Labute approximate surface area is 155 Å². The van der Waals surface area contributed by atoms with Crippen molar-refractivity contribution in [2.24, 2.45) is 0 Å². The molecule has 3 rings (SSSR count). The summed E-state index contributed by atoms with van der Waals surface area (Å²) in [6.07, 6.45) is 0.275. The van der Waals surface area contributed by atoms with Gasteiger partial charge in [0.2, 0.25) is 11.8 Å². The average Bonchev–Trinajstić information content (AvgIpc) is 2.73. The van der Waals surface area contributed by atoms with Crippen LogP contribution in [0.15, 0.2) is 42.5 Å². The number of amides is 3. The Hall–Kier alpha value is -2.86. The van der Waals surface area contributed by atoms with E-state index in [1.54, 1.807) is 36.4 Å². The van der Waals surface area contributed by atoms with Crippen molar-refractivity contribution in [3.8, 4) is 0 Å². The summed E-state index contributed by atoms with van der Waals surface area (Å²) in [6.45, 7) is 1.87. The van der Waals surface area contributed by atoms with E-state index in [4.69, 9.17) is 11.6 Å². The first-order valence-electron chi connectivity index (χ1n) is 8.21. The number of rotatable bonds is 4. The number of hydrogen-bond donors (Lipinski definition) is 3. The molecule has 7 heteroatoms. The maximum Gasteiger partial charge on any atom is 0.254 e. The number of nitrogens with one attached hydrogen (secondary N) is 3. The largest absolute Gasteiger partial charge is 0.340 e. The number of carbonyl (C=O) groups excluding carboxylic acids is 3. The molecular formula is C19H18ClN3O3. The van der Waals surface area contributed by atoms with Crippen LogP contribution in [0.5, 0.6) is 0 Å². The van der Waals surface area contributed by atoms with Gasteiger partial charge in [-0.05, 0) is 43.2 Å². The second-order valence-electron chi connectivity index (χ2n) is 6.11. The molecular weight excluding hydrogens is 354 g/mol. The summed E-state index contributed by atoms with van der Waals surface area (Å²) in [5.74, 6) is -0.933. The van der Waals surface area contributed by atoms with E-state index in [2.05, 4.69) is 16.0 Å². The van der Waals surface area contributed by atoms with Crippen molar-refractivity contribution >= 4 is 40.7 Å². The first-order chi connectivity index (χ1) is 12.4. The molecule has 1 aliphatic rings. The summed E-state index contributed by atoms with van der Waals surface area (Å²) < 4.78 is 0. The molecule has 26 heavy (non-hydrogen) atoms. The van der Waals surface area contributed by atoms with E-state index in [1.807, 2.05) is 13.0 Å². The topological polar surface area (TPSA) is 87.3 Å². The van der Waals surface area contributed by atoms with Crippen LogP contribution in [0, 0.1) is 6.92 Å². The lowest BCUT2D eigenvalue weighted by Gasteiger charge is -2.14. The number of benzene rings is 2. The zero-order valence-electron chi connectivity index (χ0n) is 14.1. The van der Waals surface area contributed by atoms with Crippen LogP contribution in [0.4, 0.5) is 11.4 Å². The Balaban J connectivity index is 1.60. The fraction of sp³-hybridized carbons (Fsp3) is 0.211. The Bertz CT molecular complexity index is 882. The van der Waals surface area contributed by atoms with Gasteiger partial charge in [-0.2, -0.15) is 0 Å². The highest BCUT2D eigenvalue weighted by atomic mass is 35.5. The van der Waals surface area contributed by atoms with Gasteiger partial charge in [-0.25, -0.2) is 0 Å². The Morgan fingerprint density at radius 2 is 1.96 bits per heavy atom. The number of fused-ring (bicyclic) bond motifs is 1. The molecule has 1 heterocycles. The zero-order valence-corrected chi connectivity index (χ0v) is 14.9. The molecule has 2 aromatic rings. The molecule has 0 saturated carbocycles. The summed E-state index contributed by atoms with van der Waals surface area (Å²) in [6, 6.07) is 11.2. The van der Waals surface area contributed by atoms with Gasteiger partial charge in [0.25, 0.3) is 5.91 Å². The molecule has 1 unspecified atom stereocenters. The minimum atomic E-state index is -0.776. The van der Waals surface area contributed by atoms with Gasteiger partial charge in [0.1, 0.15) is 6.04 Å². The van der Waals surface area contributed by atoms with E-state index >= 15 is 0 Å². The molecule has 0 fully saturated rings. The van der Waals surface area contributed by atoms with Crippen molar-refractivity contribution in [1.29, 1.82) is 0 Å². The first kappa shape index (κ1) is 17.9. The van der Waals surface area contributed by atoms with Gasteiger partial charge in [-0.3, -0.25) is 14.4 Å². The SMILES string of the molecule is Cc1ccc(NC(=O)CCC2NC(=O)c3ccccc3NC2=O)cc1Cl. The summed E-state index contributed by atoms with van der Waals surface area (Å²) in [7, 11) is 0. The molecule has 3 amide bonds. The standard InChI is InChI=1S/C19H18ClN3O3/c1-11-6-7-12(10-14(11)20)21-17(24)9-8-16-19(26)22-15-5-3-2-4-13(15)18(25)23-16/h2-7,10,16H,8-9H2,1H3,(H,21,24)(H,22,26)(H,23,25). The molecule has 134 valence electrons. The number of halogens is 1. The maximum atomic E-state index is 12.3. The number of carbonyl (C=O) groups is 3. The highest BCUT2D eigenvalue weighted by molar-refractivity contribution is 6.31. The molecule has 0 radical (unpaired) electrons. The fourth-order valence-corrected chi connectivity index (χ4v) is 2.86. The molecule has 2 aromatic carbocycles. The lowest BCUT2D eigenvalue weighted by atomic mass is 10.1. The van der Waals surface area contributed by atoms with Gasteiger partial charge in [0.05, 0.1) is 11.3 Å². The molecule has 0 aromatic heterocycles. The molecule has 6 nitrogen and oxygen atoms in total. The van der Waals surface area contributed by atoms with Crippen molar-refractivity contribution in [1.82, 2.24) is 5.32 Å². The highest BCUT2D eigenvalue weighted by Gasteiger charge is 2.27. The molecule has 3 N–H and O–H groups in total. The second-order valence-corrected chi connectivity index (χ2v) is 6.52. The Morgan fingerprint density at radius 3 is 2.73 bits per heavy atom. The predicted molar refractivity (Wildman–Crippen MR) is 100 cm³/mol. The maximum absolute atomic E-state index is 12.3. The van der Waals surface area contributed by atoms with Crippen LogP contribution < -0.4 is 16.0 Å². The van der Waals surface area contributed by atoms with Crippen LogP contribution in [-0.2, 0) is 9.59 Å². The minimum absolute atomic E-state index is 0.0835. The van der Waals surface area contributed by atoms with E-state index < -0.39 is 6.04 Å². The van der Waals surface area contributed by atoms with E-state index in [-0.39, 0.29) is 30.6 Å². The zero-order chi connectivity index (χ0) is 18.7. The molecule has 0 aliphatic carbocycles. The summed E-state index contributed by atoms with van der Waals surface area (Å²) in [5.41, 5.74) is 2.38. The lowest BCUT2D eigenvalue weighted by Crippen LogP contribution is -2.41. The van der Waals surface area contributed by atoms with Gasteiger partial charge >= 0.3 is 0 Å². The van der Waals surface area contributed by atoms with Crippen molar-refractivity contribution in [3.63, 3.8) is 0 Å². The first-order valence-corrected chi connectivity index (χ1v) is 8.58. The van der Waals surface area contributed by atoms with Crippen LogP contribution in [0.2, 0.25) is 5.02 Å². The molecule has 1 atom stereocenters. The van der Waals surface area contributed by atoms with E-state index in [9.17, 15) is 14.4 Å². The van der Waals surface area contributed by atoms with Crippen LogP contribution >= 0.6 is 11.6 Å². The average molecular weight is 372 g/mol. The minimum Gasteiger partial charge on any atom is -0.340 e. The van der Waals surface area contributed by atoms with Crippen molar-refractivity contribution < 1.29 is 14.4 Å². The molecule has 1 aliphatic heterocycles. The monoisotopic (exact) mass is 371 g/mol. The second kappa shape index (κ2) is 7.58. The number of aryl methyl sites for hydroxylation is 1. The smallest absolute Gasteiger partial charge is 0.254 e. The van der Waals surface area contributed by atoms with Gasteiger partial charge in [0.15, 0.2) is 0 Å². The van der Waals surface area contributed by atoms with Crippen LogP contribution in [0.3, 0.4) is 0 Å². The van der Waals surface area contributed by atoms with Crippen molar-refractivity contribution in [2.45, 2.75) is 25.8 Å². The number of para-hydroxylation sites is 1. The van der Waals surface area contributed by atoms with E-state index in [0.717, 1.165) is 5.56 Å². The van der Waals surface area contributed by atoms with Crippen molar-refractivity contribution in [3.05, 3.63) is 58.6 Å². The molecule has 0 saturated heterocycles. The number of hydrogen-bond acceptors (Lipinski definition) is 3. The molecule has 0 bridgehead atoms. The Morgan fingerprint density at radius 1 is 1.19 bits per heavy atom. The summed E-state index contributed by atoms with van der Waals surface area (Å²) >= 11 is 6.04. The quantitative estimate of drug-likeness (QED) is 0.771. The third kappa shape index (κ3) is 4.03. The Kier molecular flexibility index (Phi) is 5.23. The fourth-order valence-electron chi connectivity index (χ4n) is 2.68. The lowest BCUT2D eigenvalue weighted by molar-refractivity contribution is -0.118. The van der Waals surface area contributed by atoms with Gasteiger partial charge in [0, 0.05) is 17.1 Å². The number of anilines is 2. The van der Waals surface area contributed by atoms with Crippen LogP contribution in [0.25, 0.3) is 0 Å². The third-order valence-electron chi connectivity index (χ3n) is 4.17. The summed E-state index contributed by atoms with van der Waals surface area (Å²) in [5, 5.41) is 8.69. The van der Waals surface area contributed by atoms with E-state index in [1.165, 1.54) is 0 Å². The summed E-state index contributed by atoms with van der Waals surface area (Å²) in [4.78, 5) is 36.7. The highest BCUT2D eigenvalue weighted by Crippen LogP contribution is 2.21. The van der Waals surface area contributed by atoms with Gasteiger partial charge < -0.3 is 16.0 Å². The van der Waals surface area contributed by atoms with Gasteiger partial charge in [-0.15, -0.1) is 0 Å². The normalized spacial score (nSPS) is 16.2. The van der Waals surface area contributed by atoms with Crippen LogP contribution in [-0.4, -0.2) is 23.8 Å². The third-order valence-corrected chi connectivity index (χ3v) is 4.57. The van der Waals surface area contributed by atoms with Crippen molar-refractivity contribution in [2.75, 3.05) is 10.6 Å². The predicted octanol–water partition coefficient (Wildman–Crippen LogP) is 3.12.